The summed E-state index contributed by atoms with van der Waals surface area (Å²) in [5.41, 5.74) is 0.888. The van der Waals surface area contributed by atoms with Gasteiger partial charge in [-0.25, -0.2) is 23.5 Å². The van der Waals surface area contributed by atoms with Gasteiger partial charge in [-0.2, -0.15) is 0 Å². The number of halogens is 2. The number of alkyl halides is 2. The molecule has 2 aliphatic heterocycles. The lowest BCUT2D eigenvalue weighted by Gasteiger charge is -2.47. The number of carbonyl (C=O) groups is 2. The van der Waals surface area contributed by atoms with Gasteiger partial charge in [-0.1, -0.05) is 13.8 Å². The van der Waals surface area contributed by atoms with Crippen LogP contribution in [-0.2, 0) is 4.74 Å². The number of esters is 1. The summed E-state index contributed by atoms with van der Waals surface area (Å²) in [5.74, 6) is -2.21. The highest BCUT2D eigenvalue weighted by Gasteiger charge is 2.45. The summed E-state index contributed by atoms with van der Waals surface area (Å²) in [6, 6.07) is 6.64. The predicted octanol–water partition coefficient (Wildman–Crippen LogP) is 5.06. The van der Waals surface area contributed by atoms with Gasteiger partial charge in [0.25, 0.3) is 11.8 Å². The van der Waals surface area contributed by atoms with Crippen LogP contribution in [0.5, 0.6) is 11.8 Å². The molecule has 0 atom stereocenters. The quantitative estimate of drug-likeness (QED) is 0.282. The zero-order valence-electron chi connectivity index (χ0n) is 26.8. The summed E-state index contributed by atoms with van der Waals surface area (Å²) in [4.78, 5) is 40.8. The van der Waals surface area contributed by atoms with Crippen molar-refractivity contribution < 1.29 is 32.6 Å². The van der Waals surface area contributed by atoms with E-state index in [1.54, 1.807) is 33.0 Å². The van der Waals surface area contributed by atoms with Crippen molar-refractivity contribution in [3.05, 3.63) is 35.7 Å². The molecule has 4 aliphatic rings. The van der Waals surface area contributed by atoms with Crippen LogP contribution < -0.4 is 19.3 Å². The SMILES string of the molecule is CN(C(=O)c1ccc(N2CC(F)(F)C2)c(OCC2CC2)n1)C(C)(C)COC(=O)c1ccc(N2CC(C)(C)C2)c(OCC2CC2)n1. The molecular weight excluding hydrogens is 584 g/mol. The lowest BCUT2D eigenvalue weighted by Crippen LogP contribution is -2.56. The molecule has 6 rings (SSSR count). The van der Waals surface area contributed by atoms with Crippen molar-refractivity contribution in [2.24, 2.45) is 17.3 Å². The normalized spacial score (nSPS) is 20.2. The second kappa shape index (κ2) is 11.6. The van der Waals surface area contributed by atoms with Crippen molar-refractivity contribution in [1.29, 1.82) is 0 Å². The topological polar surface area (TPSA) is 97.3 Å². The Morgan fingerprint density at radius 3 is 1.84 bits per heavy atom. The Labute approximate surface area is 263 Å². The lowest BCUT2D eigenvalue weighted by atomic mass is 9.84. The van der Waals surface area contributed by atoms with E-state index in [0.29, 0.717) is 36.6 Å². The van der Waals surface area contributed by atoms with Crippen molar-refractivity contribution in [2.45, 2.75) is 64.8 Å². The Bertz CT molecular complexity index is 1440. The lowest BCUT2D eigenvalue weighted by molar-refractivity contribution is -0.0265. The summed E-state index contributed by atoms with van der Waals surface area (Å²) >= 11 is 0. The van der Waals surface area contributed by atoms with Crippen LogP contribution in [0.25, 0.3) is 0 Å². The van der Waals surface area contributed by atoms with E-state index in [1.165, 1.54) is 15.9 Å². The molecule has 2 saturated carbocycles. The van der Waals surface area contributed by atoms with Crippen molar-refractivity contribution in [2.75, 3.05) is 62.8 Å². The number of anilines is 2. The van der Waals surface area contributed by atoms with Gasteiger partial charge in [-0.3, -0.25) is 4.79 Å². The zero-order chi connectivity index (χ0) is 32.1. The second-order valence-electron chi connectivity index (χ2n) is 14.5. The highest BCUT2D eigenvalue weighted by Crippen LogP contribution is 2.40. The summed E-state index contributed by atoms with van der Waals surface area (Å²) in [6.45, 7) is 9.82. The first-order valence-corrected chi connectivity index (χ1v) is 15.8. The van der Waals surface area contributed by atoms with Crippen molar-refractivity contribution in [1.82, 2.24) is 14.9 Å². The molecule has 10 nitrogen and oxygen atoms in total. The number of rotatable bonds is 13. The molecule has 0 radical (unpaired) electrons. The third-order valence-electron chi connectivity index (χ3n) is 8.95. The molecule has 0 aromatic carbocycles. The molecule has 0 bridgehead atoms. The maximum atomic E-state index is 13.6. The van der Waals surface area contributed by atoms with Gasteiger partial charge in [-0.15, -0.1) is 0 Å². The molecule has 2 aromatic heterocycles. The Morgan fingerprint density at radius 1 is 0.867 bits per heavy atom. The van der Waals surface area contributed by atoms with E-state index in [2.05, 4.69) is 28.7 Å². The van der Waals surface area contributed by atoms with Gasteiger partial charge in [0, 0.05) is 20.1 Å². The van der Waals surface area contributed by atoms with E-state index in [1.807, 2.05) is 6.07 Å². The molecular formula is C33H43F2N5O5. The molecule has 0 spiro atoms. The second-order valence-corrected chi connectivity index (χ2v) is 14.5. The first kappa shape index (κ1) is 31.3. The number of carbonyl (C=O) groups excluding carboxylic acids is 2. The number of hydrogen-bond donors (Lipinski definition) is 0. The van der Waals surface area contributed by atoms with Crippen LogP contribution in [0.4, 0.5) is 20.2 Å². The van der Waals surface area contributed by atoms with E-state index in [4.69, 9.17) is 14.2 Å². The van der Waals surface area contributed by atoms with E-state index >= 15 is 0 Å². The minimum Gasteiger partial charge on any atom is -0.476 e. The molecule has 2 aliphatic carbocycles. The van der Waals surface area contributed by atoms with E-state index in [0.717, 1.165) is 44.5 Å². The smallest absolute Gasteiger partial charge is 0.357 e. The van der Waals surface area contributed by atoms with Crippen molar-refractivity contribution >= 4 is 23.3 Å². The summed E-state index contributed by atoms with van der Waals surface area (Å²) in [5, 5.41) is 0. The maximum absolute atomic E-state index is 13.6. The van der Waals surface area contributed by atoms with E-state index in [-0.39, 0.29) is 29.3 Å². The van der Waals surface area contributed by atoms with E-state index < -0.39 is 36.4 Å². The molecule has 0 unspecified atom stereocenters. The Kier molecular flexibility index (Phi) is 8.06. The molecule has 0 N–H and O–H groups in total. The monoisotopic (exact) mass is 627 g/mol. The first-order chi connectivity index (χ1) is 21.2. The highest BCUT2D eigenvalue weighted by atomic mass is 19.3. The summed E-state index contributed by atoms with van der Waals surface area (Å²) in [6.07, 6.45) is 4.38. The van der Waals surface area contributed by atoms with Crippen LogP contribution in [0.2, 0.25) is 0 Å². The number of likely N-dealkylation sites (N-methyl/N-ethyl adjacent to an activating group) is 1. The van der Waals surface area contributed by atoms with Crippen LogP contribution in [0.1, 0.15) is 74.4 Å². The van der Waals surface area contributed by atoms with Gasteiger partial charge in [0.05, 0.1) is 37.5 Å². The van der Waals surface area contributed by atoms with Gasteiger partial charge in [0.15, 0.2) is 5.69 Å². The average Bonchev–Trinajstić information content (AvgIpc) is 3.90. The fourth-order valence-corrected chi connectivity index (χ4v) is 5.45. The molecule has 12 heteroatoms. The predicted molar refractivity (Wildman–Crippen MR) is 165 cm³/mol. The molecule has 4 heterocycles. The minimum absolute atomic E-state index is 0.0952. The number of hydrogen-bond acceptors (Lipinski definition) is 9. The minimum atomic E-state index is -2.75. The molecule has 2 saturated heterocycles. The average molecular weight is 628 g/mol. The molecule has 244 valence electrons. The Morgan fingerprint density at radius 2 is 1.36 bits per heavy atom. The fraction of sp³-hybridized carbons (Fsp3) is 0.636. The van der Waals surface area contributed by atoms with Crippen LogP contribution in [0, 0.1) is 17.3 Å². The van der Waals surface area contributed by atoms with Crippen LogP contribution in [0.15, 0.2) is 24.3 Å². The number of pyridine rings is 2. The number of nitrogens with zero attached hydrogens (tertiary/aromatic N) is 5. The van der Waals surface area contributed by atoms with E-state index in [9.17, 15) is 18.4 Å². The molecule has 4 fully saturated rings. The van der Waals surface area contributed by atoms with Crippen LogP contribution >= 0.6 is 0 Å². The Hall–Kier alpha value is -3.70. The maximum Gasteiger partial charge on any atom is 0.357 e. The van der Waals surface area contributed by atoms with Gasteiger partial charge in [0.2, 0.25) is 11.8 Å². The van der Waals surface area contributed by atoms with Gasteiger partial charge >= 0.3 is 5.97 Å². The standard InChI is InChI=1S/C33H43F2N5O5/c1-31(2)16-39(17-31)25-13-11-24(37-28(25)44-15-22-8-9-22)30(42)45-20-32(3,4)38(5)29(41)23-10-12-26(40-18-33(34,35)19-40)27(36-23)43-14-21-6-7-21/h10-13,21-22H,6-9,14-20H2,1-5H3. The summed E-state index contributed by atoms with van der Waals surface area (Å²) in [7, 11) is 1.61. The van der Waals surface area contributed by atoms with Crippen molar-refractivity contribution in [3.63, 3.8) is 0 Å². The highest BCUT2D eigenvalue weighted by molar-refractivity contribution is 5.93. The van der Waals surface area contributed by atoms with Crippen LogP contribution in [-0.4, -0.2) is 91.3 Å². The third kappa shape index (κ3) is 7.25. The molecule has 1 amide bonds. The Balaban J connectivity index is 1.11. The van der Waals surface area contributed by atoms with Gasteiger partial charge in [-0.05, 0) is 81.0 Å². The number of aromatic nitrogens is 2. The van der Waals surface area contributed by atoms with Gasteiger partial charge in [0.1, 0.15) is 18.0 Å². The zero-order valence-corrected chi connectivity index (χ0v) is 26.8. The third-order valence-corrected chi connectivity index (χ3v) is 8.95. The first-order valence-electron chi connectivity index (χ1n) is 15.8. The molecule has 2 aromatic rings. The number of amides is 1. The van der Waals surface area contributed by atoms with Crippen LogP contribution in [0.3, 0.4) is 0 Å². The summed E-state index contributed by atoms with van der Waals surface area (Å²) < 4.78 is 44.8. The molecule has 45 heavy (non-hydrogen) atoms. The van der Waals surface area contributed by atoms with Gasteiger partial charge < -0.3 is 28.9 Å². The largest absolute Gasteiger partial charge is 0.476 e. The fourth-order valence-electron chi connectivity index (χ4n) is 5.45. The number of ether oxygens (including phenoxy) is 3. The van der Waals surface area contributed by atoms with Crippen molar-refractivity contribution in [3.8, 4) is 11.8 Å².